The summed E-state index contributed by atoms with van der Waals surface area (Å²) in [6.07, 6.45) is 4.61. The highest BCUT2D eigenvalue weighted by Crippen LogP contribution is 2.37. The van der Waals surface area contributed by atoms with E-state index in [-0.39, 0.29) is 5.41 Å². The summed E-state index contributed by atoms with van der Waals surface area (Å²) in [7, 11) is 0. The second-order valence-electron chi connectivity index (χ2n) is 5.09. The van der Waals surface area contributed by atoms with E-state index in [1.807, 2.05) is 0 Å². The van der Waals surface area contributed by atoms with Crippen molar-refractivity contribution in [2.75, 3.05) is 0 Å². The Bertz CT molecular complexity index is 299. The third-order valence-corrected chi connectivity index (χ3v) is 2.48. The van der Waals surface area contributed by atoms with Crippen LogP contribution in [0, 0.1) is 5.41 Å². The molecule has 0 unspecified atom stereocenters. The van der Waals surface area contributed by atoms with E-state index in [4.69, 9.17) is 0 Å². The van der Waals surface area contributed by atoms with Crippen molar-refractivity contribution in [3.8, 4) is 0 Å². The van der Waals surface area contributed by atoms with E-state index < -0.39 is 0 Å². The standard InChI is InChI=1S/C13H20/c1-9(2)11-7-10(3)12(8-11)13(4,5)6/h7-8H,1-6H3. The zero-order chi connectivity index (χ0) is 10.2. The van der Waals surface area contributed by atoms with Gasteiger partial charge in [-0.3, -0.25) is 0 Å². The normalized spacial score (nSPS) is 17.2. The molecule has 0 bridgehead atoms. The van der Waals surface area contributed by atoms with Gasteiger partial charge in [-0.25, -0.2) is 0 Å². The Kier molecular flexibility index (Phi) is 2.51. The van der Waals surface area contributed by atoms with Gasteiger partial charge in [-0.15, -0.1) is 0 Å². The zero-order valence-electron chi connectivity index (χ0n) is 9.65. The molecule has 0 N–H and O–H groups in total. The summed E-state index contributed by atoms with van der Waals surface area (Å²) in [5.41, 5.74) is 5.96. The molecule has 0 nitrogen and oxygen atoms in total. The average molecular weight is 176 g/mol. The van der Waals surface area contributed by atoms with Gasteiger partial charge in [-0.1, -0.05) is 38.5 Å². The Balaban J connectivity index is 3.13. The Morgan fingerprint density at radius 1 is 1.08 bits per heavy atom. The van der Waals surface area contributed by atoms with Crippen LogP contribution in [0.4, 0.5) is 0 Å². The van der Waals surface area contributed by atoms with Crippen molar-refractivity contribution in [1.82, 2.24) is 0 Å². The first-order valence-electron chi connectivity index (χ1n) is 4.90. The molecule has 13 heavy (non-hydrogen) atoms. The summed E-state index contributed by atoms with van der Waals surface area (Å²) in [5, 5.41) is 0. The first-order chi connectivity index (χ1) is 5.82. The van der Waals surface area contributed by atoms with Crippen molar-refractivity contribution in [2.45, 2.75) is 41.5 Å². The summed E-state index contributed by atoms with van der Waals surface area (Å²) in [6.45, 7) is 13.3. The largest absolute Gasteiger partial charge is 0.0692 e. The van der Waals surface area contributed by atoms with E-state index in [2.05, 4.69) is 53.7 Å². The van der Waals surface area contributed by atoms with Crippen LogP contribution in [0.2, 0.25) is 0 Å². The molecule has 0 radical (unpaired) electrons. The molecule has 0 heteroatoms. The maximum Gasteiger partial charge on any atom is -0.0129 e. The van der Waals surface area contributed by atoms with Gasteiger partial charge in [0.2, 0.25) is 0 Å². The third kappa shape index (κ3) is 2.12. The fourth-order valence-electron chi connectivity index (χ4n) is 1.72. The van der Waals surface area contributed by atoms with Crippen LogP contribution in [0.1, 0.15) is 41.5 Å². The van der Waals surface area contributed by atoms with Gasteiger partial charge < -0.3 is 0 Å². The Labute approximate surface area is 82.0 Å². The van der Waals surface area contributed by atoms with Gasteiger partial charge in [0.05, 0.1) is 0 Å². The molecular weight excluding hydrogens is 156 g/mol. The molecule has 0 aliphatic heterocycles. The number of allylic oxidation sites excluding steroid dienone is 6. The Morgan fingerprint density at radius 2 is 1.62 bits per heavy atom. The molecule has 1 aliphatic carbocycles. The van der Waals surface area contributed by atoms with Crippen LogP contribution < -0.4 is 0 Å². The lowest BCUT2D eigenvalue weighted by molar-refractivity contribution is 0.512. The molecule has 72 valence electrons. The van der Waals surface area contributed by atoms with Crippen molar-refractivity contribution in [2.24, 2.45) is 5.41 Å². The lowest BCUT2D eigenvalue weighted by atomic mass is 9.84. The van der Waals surface area contributed by atoms with Crippen molar-refractivity contribution in [1.29, 1.82) is 0 Å². The topological polar surface area (TPSA) is 0 Å². The molecule has 1 rings (SSSR count). The lowest BCUT2D eigenvalue weighted by Gasteiger charge is -2.21. The summed E-state index contributed by atoms with van der Waals surface area (Å²) >= 11 is 0. The summed E-state index contributed by atoms with van der Waals surface area (Å²) in [5.74, 6) is 0. The maximum absolute atomic E-state index is 2.32. The van der Waals surface area contributed by atoms with Crippen molar-refractivity contribution in [3.05, 3.63) is 34.4 Å². The minimum atomic E-state index is 0.276. The van der Waals surface area contributed by atoms with Crippen molar-refractivity contribution < 1.29 is 0 Å². The van der Waals surface area contributed by atoms with Gasteiger partial charge in [0.25, 0.3) is 0 Å². The van der Waals surface area contributed by atoms with Crippen LogP contribution >= 0.6 is 0 Å². The molecule has 0 fully saturated rings. The van der Waals surface area contributed by atoms with Gasteiger partial charge in [0.1, 0.15) is 0 Å². The highest BCUT2D eigenvalue weighted by molar-refractivity contribution is 5.54. The van der Waals surface area contributed by atoms with Crippen LogP contribution in [-0.2, 0) is 0 Å². The molecular formula is C13H20. The second-order valence-corrected chi connectivity index (χ2v) is 5.09. The van der Waals surface area contributed by atoms with Crippen LogP contribution in [0.15, 0.2) is 34.4 Å². The van der Waals surface area contributed by atoms with Crippen LogP contribution in [0.25, 0.3) is 0 Å². The number of hydrogen-bond acceptors (Lipinski definition) is 0. The van der Waals surface area contributed by atoms with Gasteiger partial charge >= 0.3 is 0 Å². The first kappa shape index (κ1) is 10.3. The molecule has 0 aromatic rings. The molecule has 0 amide bonds. The van der Waals surface area contributed by atoms with E-state index in [9.17, 15) is 0 Å². The zero-order valence-corrected chi connectivity index (χ0v) is 9.65. The van der Waals surface area contributed by atoms with Crippen molar-refractivity contribution in [3.63, 3.8) is 0 Å². The monoisotopic (exact) mass is 176 g/mol. The SMILES string of the molecule is CC1=CC(=C(C)C)C=C1C(C)(C)C. The summed E-state index contributed by atoms with van der Waals surface area (Å²) < 4.78 is 0. The van der Waals surface area contributed by atoms with Gasteiger partial charge in [0.15, 0.2) is 0 Å². The predicted molar refractivity (Wildman–Crippen MR) is 59.7 cm³/mol. The van der Waals surface area contributed by atoms with E-state index in [1.54, 1.807) is 0 Å². The van der Waals surface area contributed by atoms with Crippen LogP contribution in [0.5, 0.6) is 0 Å². The third-order valence-electron chi connectivity index (χ3n) is 2.48. The predicted octanol–water partition coefficient (Wildman–Crippen LogP) is 4.26. The lowest BCUT2D eigenvalue weighted by Crippen LogP contribution is -2.08. The van der Waals surface area contributed by atoms with E-state index in [1.165, 1.54) is 22.3 Å². The minimum Gasteiger partial charge on any atom is -0.0692 e. The van der Waals surface area contributed by atoms with Crippen LogP contribution in [-0.4, -0.2) is 0 Å². The minimum absolute atomic E-state index is 0.276. The molecule has 0 aromatic heterocycles. The van der Waals surface area contributed by atoms with Gasteiger partial charge in [-0.05, 0) is 42.9 Å². The van der Waals surface area contributed by atoms with Crippen LogP contribution in [0.3, 0.4) is 0 Å². The van der Waals surface area contributed by atoms with Gasteiger partial charge in [-0.2, -0.15) is 0 Å². The first-order valence-corrected chi connectivity index (χ1v) is 4.90. The smallest absolute Gasteiger partial charge is 0.0129 e. The van der Waals surface area contributed by atoms with Crippen molar-refractivity contribution >= 4 is 0 Å². The fourth-order valence-corrected chi connectivity index (χ4v) is 1.72. The summed E-state index contributed by atoms with van der Waals surface area (Å²) in [4.78, 5) is 0. The quantitative estimate of drug-likeness (QED) is 0.517. The molecule has 0 heterocycles. The Hall–Kier alpha value is -0.780. The molecule has 0 spiro atoms. The average Bonchev–Trinajstić information content (AvgIpc) is 2.29. The second kappa shape index (κ2) is 3.17. The number of hydrogen-bond donors (Lipinski definition) is 0. The van der Waals surface area contributed by atoms with E-state index >= 15 is 0 Å². The molecule has 1 aliphatic rings. The number of rotatable bonds is 0. The fraction of sp³-hybridized carbons (Fsp3) is 0.538. The van der Waals surface area contributed by atoms with E-state index in [0.29, 0.717) is 0 Å². The van der Waals surface area contributed by atoms with Gasteiger partial charge in [0, 0.05) is 0 Å². The van der Waals surface area contributed by atoms with E-state index in [0.717, 1.165) is 0 Å². The summed E-state index contributed by atoms with van der Waals surface area (Å²) in [6, 6.07) is 0. The molecule has 0 saturated carbocycles. The molecule has 0 aromatic carbocycles. The Morgan fingerprint density at radius 3 is 1.85 bits per heavy atom. The maximum atomic E-state index is 2.32. The highest BCUT2D eigenvalue weighted by atomic mass is 14.3. The molecule has 0 atom stereocenters. The highest BCUT2D eigenvalue weighted by Gasteiger charge is 2.21. The molecule has 0 saturated heterocycles.